The molecule has 0 spiro atoms. The van der Waals surface area contributed by atoms with Crippen LogP contribution in [0, 0.1) is 11.7 Å². The first-order chi connectivity index (χ1) is 11.6. The van der Waals surface area contributed by atoms with Crippen molar-refractivity contribution in [3.63, 3.8) is 0 Å². The fourth-order valence-corrected chi connectivity index (χ4v) is 3.87. The summed E-state index contributed by atoms with van der Waals surface area (Å²) in [7, 11) is 0. The molecule has 3 heterocycles. The smallest absolute Gasteiger partial charge is 0.223 e. The standard InChI is InChI=1S/C16H20FN5OS/c1-11(23)21-16-20-8-14(24-16)10-22-4-2-3-12(9-22)5-15-18-6-13(17)7-19-15/h6-8,12H,2-5,9-10H2,1H3,(H,20,21,23). The fraction of sp³-hybridized carbons (Fsp3) is 0.500. The minimum absolute atomic E-state index is 0.103. The van der Waals surface area contributed by atoms with Crippen molar-refractivity contribution < 1.29 is 9.18 Å². The van der Waals surface area contributed by atoms with E-state index in [0.29, 0.717) is 16.9 Å². The highest BCUT2D eigenvalue weighted by Crippen LogP contribution is 2.24. The summed E-state index contributed by atoms with van der Waals surface area (Å²) in [4.78, 5) is 26.9. The van der Waals surface area contributed by atoms with E-state index in [9.17, 15) is 9.18 Å². The van der Waals surface area contributed by atoms with Gasteiger partial charge in [-0.2, -0.15) is 0 Å². The summed E-state index contributed by atoms with van der Waals surface area (Å²) >= 11 is 1.51. The van der Waals surface area contributed by atoms with Gasteiger partial charge in [0.1, 0.15) is 5.82 Å². The molecule has 2 aromatic rings. The second-order valence-corrected chi connectivity index (χ2v) is 7.19. The molecule has 0 bridgehead atoms. The molecule has 1 amide bonds. The largest absolute Gasteiger partial charge is 0.302 e. The van der Waals surface area contributed by atoms with E-state index in [2.05, 4.69) is 25.2 Å². The fourth-order valence-electron chi connectivity index (χ4n) is 2.97. The van der Waals surface area contributed by atoms with Gasteiger partial charge in [-0.15, -0.1) is 11.3 Å². The first-order valence-corrected chi connectivity index (χ1v) is 8.81. The van der Waals surface area contributed by atoms with Gasteiger partial charge in [-0.3, -0.25) is 9.69 Å². The second kappa shape index (κ2) is 7.76. The van der Waals surface area contributed by atoms with Crippen molar-refractivity contribution in [3.05, 3.63) is 35.1 Å². The number of halogens is 1. The molecule has 128 valence electrons. The molecular weight excluding hydrogens is 329 g/mol. The third-order valence-corrected chi connectivity index (χ3v) is 4.86. The first-order valence-electron chi connectivity index (χ1n) is 7.99. The molecule has 24 heavy (non-hydrogen) atoms. The molecule has 3 rings (SSSR count). The Morgan fingerprint density at radius 3 is 2.92 bits per heavy atom. The van der Waals surface area contributed by atoms with Crippen LogP contribution in [0.15, 0.2) is 18.6 Å². The minimum atomic E-state index is -0.399. The van der Waals surface area contributed by atoms with Crippen molar-refractivity contribution in [3.8, 4) is 0 Å². The van der Waals surface area contributed by atoms with Crippen molar-refractivity contribution >= 4 is 22.4 Å². The highest BCUT2D eigenvalue weighted by atomic mass is 32.1. The lowest BCUT2D eigenvalue weighted by molar-refractivity contribution is -0.114. The zero-order valence-corrected chi connectivity index (χ0v) is 14.4. The first kappa shape index (κ1) is 16.9. The number of nitrogens with one attached hydrogen (secondary N) is 1. The molecule has 2 aromatic heterocycles. The summed E-state index contributed by atoms with van der Waals surface area (Å²) in [5.41, 5.74) is 0. The Hall–Kier alpha value is -1.93. The Kier molecular flexibility index (Phi) is 5.47. The van der Waals surface area contributed by atoms with Gasteiger partial charge in [-0.25, -0.2) is 19.3 Å². The second-order valence-electron chi connectivity index (χ2n) is 6.08. The summed E-state index contributed by atoms with van der Waals surface area (Å²) in [6.07, 6.45) is 7.31. The molecule has 0 aliphatic carbocycles. The number of amides is 1. The monoisotopic (exact) mass is 349 g/mol. The number of rotatable bonds is 5. The Bertz CT molecular complexity index is 690. The van der Waals surface area contributed by atoms with Gasteiger partial charge in [0.15, 0.2) is 10.9 Å². The topological polar surface area (TPSA) is 71.0 Å². The van der Waals surface area contributed by atoms with E-state index in [1.807, 2.05) is 6.20 Å². The van der Waals surface area contributed by atoms with Gasteiger partial charge in [0.05, 0.1) is 12.4 Å². The van der Waals surface area contributed by atoms with E-state index >= 15 is 0 Å². The van der Waals surface area contributed by atoms with Crippen LogP contribution in [-0.4, -0.2) is 38.8 Å². The van der Waals surface area contributed by atoms with Crippen LogP contribution in [0.1, 0.15) is 30.5 Å². The number of nitrogens with zero attached hydrogens (tertiary/aromatic N) is 4. The minimum Gasteiger partial charge on any atom is -0.302 e. The van der Waals surface area contributed by atoms with Crippen molar-refractivity contribution in [1.29, 1.82) is 0 Å². The lowest BCUT2D eigenvalue weighted by Crippen LogP contribution is -2.35. The molecule has 0 radical (unpaired) electrons. The van der Waals surface area contributed by atoms with Crippen LogP contribution in [0.3, 0.4) is 0 Å². The molecule has 1 fully saturated rings. The normalized spacial score (nSPS) is 18.5. The number of anilines is 1. The van der Waals surface area contributed by atoms with E-state index in [-0.39, 0.29) is 5.91 Å². The maximum Gasteiger partial charge on any atom is 0.223 e. The van der Waals surface area contributed by atoms with Crippen LogP contribution in [-0.2, 0) is 17.8 Å². The van der Waals surface area contributed by atoms with E-state index in [1.165, 1.54) is 30.7 Å². The highest BCUT2D eigenvalue weighted by Gasteiger charge is 2.21. The quantitative estimate of drug-likeness (QED) is 0.898. The number of carbonyl (C=O) groups excluding carboxylic acids is 1. The van der Waals surface area contributed by atoms with Gasteiger partial charge < -0.3 is 5.32 Å². The van der Waals surface area contributed by atoms with Gasteiger partial charge in [-0.05, 0) is 25.3 Å². The zero-order valence-electron chi connectivity index (χ0n) is 13.5. The highest BCUT2D eigenvalue weighted by molar-refractivity contribution is 7.15. The van der Waals surface area contributed by atoms with Crippen LogP contribution in [0.2, 0.25) is 0 Å². The Balaban J connectivity index is 1.54. The molecule has 8 heteroatoms. The number of piperidine rings is 1. The maximum absolute atomic E-state index is 12.9. The molecule has 1 aliphatic heterocycles. The predicted octanol–water partition coefficient (Wildman–Crippen LogP) is 2.49. The predicted molar refractivity (Wildman–Crippen MR) is 90.1 cm³/mol. The van der Waals surface area contributed by atoms with E-state index in [0.717, 1.165) is 43.8 Å². The number of aromatic nitrogens is 3. The molecule has 1 saturated heterocycles. The molecule has 0 saturated carbocycles. The number of hydrogen-bond donors (Lipinski definition) is 1. The average Bonchev–Trinajstić information content (AvgIpc) is 2.96. The summed E-state index contributed by atoms with van der Waals surface area (Å²) in [6, 6.07) is 0. The summed E-state index contributed by atoms with van der Waals surface area (Å²) < 4.78 is 12.9. The third kappa shape index (κ3) is 4.78. The number of hydrogen-bond acceptors (Lipinski definition) is 6. The van der Waals surface area contributed by atoms with Gasteiger partial charge in [0.2, 0.25) is 5.91 Å². The lowest BCUT2D eigenvalue weighted by Gasteiger charge is -2.32. The SMILES string of the molecule is CC(=O)Nc1ncc(CN2CCCC(Cc3ncc(F)cn3)C2)s1. The molecule has 6 nitrogen and oxygen atoms in total. The lowest BCUT2D eigenvalue weighted by atomic mass is 9.94. The Labute approximate surface area is 144 Å². The molecule has 1 aliphatic rings. The van der Waals surface area contributed by atoms with Crippen LogP contribution >= 0.6 is 11.3 Å². The average molecular weight is 349 g/mol. The van der Waals surface area contributed by atoms with Crippen molar-refractivity contribution in [2.24, 2.45) is 5.92 Å². The van der Waals surface area contributed by atoms with Gasteiger partial charge in [0.25, 0.3) is 0 Å². The molecule has 0 aromatic carbocycles. The maximum atomic E-state index is 12.9. The van der Waals surface area contributed by atoms with E-state index < -0.39 is 5.82 Å². The molecule has 1 N–H and O–H groups in total. The van der Waals surface area contributed by atoms with Crippen molar-refractivity contribution in [2.75, 3.05) is 18.4 Å². The summed E-state index contributed by atoms with van der Waals surface area (Å²) in [5, 5.41) is 3.36. The molecule has 1 unspecified atom stereocenters. The molecule has 1 atom stereocenters. The van der Waals surface area contributed by atoms with Gasteiger partial charge in [0, 0.05) is 37.5 Å². The Morgan fingerprint density at radius 1 is 1.38 bits per heavy atom. The number of carbonyl (C=O) groups is 1. The Morgan fingerprint density at radius 2 is 2.17 bits per heavy atom. The third-order valence-electron chi connectivity index (χ3n) is 3.96. The van der Waals surface area contributed by atoms with E-state index in [1.54, 1.807) is 0 Å². The van der Waals surface area contributed by atoms with Gasteiger partial charge >= 0.3 is 0 Å². The zero-order chi connectivity index (χ0) is 16.9. The van der Waals surface area contributed by atoms with Crippen LogP contribution < -0.4 is 5.32 Å². The molecular formula is C16H20FN5OS. The van der Waals surface area contributed by atoms with Crippen LogP contribution in [0.5, 0.6) is 0 Å². The summed E-state index contributed by atoms with van der Waals surface area (Å²) in [6.45, 7) is 4.33. The number of likely N-dealkylation sites (tertiary alicyclic amines) is 1. The number of thiazole rings is 1. The van der Waals surface area contributed by atoms with Crippen LogP contribution in [0.25, 0.3) is 0 Å². The summed E-state index contributed by atoms with van der Waals surface area (Å²) in [5.74, 6) is 0.679. The van der Waals surface area contributed by atoms with Crippen molar-refractivity contribution in [2.45, 2.75) is 32.7 Å². The van der Waals surface area contributed by atoms with E-state index in [4.69, 9.17) is 0 Å². The van der Waals surface area contributed by atoms with Gasteiger partial charge in [-0.1, -0.05) is 0 Å². The van der Waals surface area contributed by atoms with Crippen LogP contribution in [0.4, 0.5) is 9.52 Å². The van der Waals surface area contributed by atoms with Crippen molar-refractivity contribution in [1.82, 2.24) is 19.9 Å².